The Morgan fingerprint density at radius 1 is 1.04 bits per heavy atom. The Kier molecular flexibility index (Phi) is 11.2. The average Bonchev–Trinajstić information content (AvgIpc) is 3.44. The molecule has 7 rings (SSSR count). The van der Waals surface area contributed by atoms with Gasteiger partial charge >= 0.3 is 0 Å². The molecule has 1 aromatic rings. The summed E-state index contributed by atoms with van der Waals surface area (Å²) in [5, 5.41) is 8.62. The van der Waals surface area contributed by atoms with Crippen LogP contribution in [0, 0.1) is 28.6 Å². The maximum Gasteiger partial charge on any atom is 0.265 e. The molecule has 4 amide bonds. The van der Waals surface area contributed by atoms with Crippen LogP contribution in [0.1, 0.15) is 89.7 Å². The highest BCUT2D eigenvalue weighted by Crippen LogP contribution is 2.54. The van der Waals surface area contributed by atoms with Crippen molar-refractivity contribution in [3.8, 4) is 0 Å². The van der Waals surface area contributed by atoms with Crippen molar-refractivity contribution >= 4 is 35.0 Å². The Morgan fingerprint density at radius 3 is 2.15 bits per heavy atom. The SMILES string of the molecule is CC1(C)C[C@@H]1C(=O)N1CC2(CN(C(=O)c3cncs3)C[C@H]2C(N)=O)C1.CCCC(=O)N1C2CCC1COC2.OCC1CCC(F)(F)CC1.[HH]. The van der Waals surface area contributed by atoms with Crippen molar-refractivity contribution in [2.45, 2.75) is 96.6 Å². The van der Waals surface area contributed by atoms with Crippen LogP contribution in [0.15, 0.2) is 11.7 Å². The molecule has 2 saturated carbocycles. The Hall–Kier alpha value is -2.71. The third kappa shape index (κ3) is 8.01. The van der Waals surface area contributed by atoms with Crippen LogP contribution in [-0.4, -0.2) is 112 Å². The number of carbonyl (C=O) groups is 4. The van der Waals surface area contributed by atoms with Gasteiger partial charge < -0.3 is 30.3 Å². The van der Waals surface area contributed by atoms with Gasteiger partial charge in [-0.1, -0.05) is 20.8 Å². The zero-order valence-electron chi connectivity index (χ0n) is 28.4. The molecular formula is C34H53F2N5O6S. The molecule has 1 aromatic heterocycles. The number of likely N-dealkylation sites (tertiary alicyclic amines) is 2. The van der Waals surface area contributed by atoms with Gasteiger partial charge in [-0.3, -0.25) is 24.2 Å². The number of nitrogens with zero attached hydrogens (tertiary/aromatic N) is 4. The summed E-state index contributed by atoms with van der Waals surface area (Å²) in [7, 11) is 0. The fourth-order valence-corrected chi connectivity index (χ4v) is 8.54. The number of alkyl halides is 2. The maximum absolute atomic E-state index is 12.6. The number of primary amides is 1. The number of fused-ring (bicyclic) bond motifs is 2. The van der Waals surface area contributed by atoms with E-state index in [9.17, 15) is 28.0 Å². The molecule has 11 nitrogen and oxygen atoms in total. The zero-order chi connectivity index (χ0) is 34.9. The number of aliphatic hydroxyl groups excluding tert-OH is 1. The average molecular weight is 698 g/mol. The largest absolute Gasteiger partial charge is 0.396 e. The van der Waals surface area contributed by atoms with Crippen molar-refractivity contribution < 1.29 is 39.2 Å². The number of nitrogens with two attached hydrogens (primary N) is 1. The monoisotopic (exact) mass is 697 g/mol. The quantitative estimate of drug-likeness (QED) is 0.460. The van der Waals surface area contributed by atoms with E-state index in [0.717, 1.165) is 38.9 Å². The number of hydrogen-bond donors (Lipinski definition) is 2. The topological polar surface area (TPSA) is 146 Å². The molecule has 4 saturated heterocycles. The first-order valence-corrected chi connectivity index (χ1v) is 18.2. The Labute approximate surface area is 287 Å². The van der Waals surface area contributed by atoms with Crippen LogP contribution in [0.25, 0.3) is 0 Å². The number of thiazole rings is 1. The van der Waals surface area contributed by atoms with Crippen molar-refractivity contribution in [2.24, 2.45) is 34.3 Å². The number of morpholine rings is 1. The van der Waals surface area contributed by atoms with E-state index >= 15 is 0 Å². The molecular weight excluding hydrogens is 644 g/mol. The first-order chi connectivity index (χ1) is 22.7. The molecule has 0 radical (unpaired) electrons. The van der Waals surface area contributed by atoms with Crippen LogP contribution in [-0.2, 0) is 19.1 Å². The van der Waals surface area contributed by atoms with Gasteiger partial charge in [0.05, 0.1) is 42.9 Å². The summed E-state index contributed by atoms with van der Waals surface area (Å²) < 4.78 is 30.3. The number of hydrogen-bond acceptors (Lipinski definition) is 8. The summed E-state index contributed by atoms with van der Waals surface area (Å²) in [5.41, 5.74) is 6.93. The number of ether oxygens (including phenoxy) is 1. The van der Waals surface area contributed by atoms with Gasteiger partial charge in [-0.2, -0.15) is 0 Å². The lowest BCUT2D eigenvalue weighted by Crippen LogP contribution is -2.64. The second-order valence-corrected chi connectivity index (χ2v) is 16.1. The number of amides is 4. The minimum atomic E-state index is -2.45. The first kappa shape index (κ1) is 36.6. The molecule has 3 N–H and O–H groups in total. The number of halogens is 2. The molecule has 48 heavy (non-hydrogen) atoms. The van der Waals surface area contributed by atoms with Crippen LogP contribution >= 0.6 is 11.3 Å². The van der Waals surface area contributed by atoms with Gasteiger partial charge in [0.25, 0.3) is 5.91 Å². The fraction of sp³-hybridized carbons (Fsp3) is 0.794. The van der Waals surface area contributed by atoms with Crippen LogP contribution < -0.4 is 5.73 Å². The maximum atomic E-state index is 12.6. The summed E-state index contributed by atoms with van der Waals surface area (Å²) in [5.74, 6) is -2.64. The van der Waals surface area contributed by atoms with Gasteiger partial charge in [0.1, 0.15) is 4.88 Å². The Balaban J connectivity index is 0.000000188. The van der Waals surface area contributed by atoms with E-state index in [-0.39, 0.29) is 55.4 Å². The van der Waals surface area contributed by atoms with E-state index in [1.165, 1.54) is 11.3 Å². The van der Waals surface area contributed by atoms with Crippen LogP contribution in [0.5, 0.6) is 0 Å². The van der Waals surface area contributed by atoms with Crippen LogP contribution in [0.2, 0.25) is 0 Å². The fourth-order valence-electron chi connectivity index (χ4n) is 7.95. The predicted molar refractivity (Wildman–Crippen MR) is 177 cm³/mol. The highest BCUT2D eigenvalue weighted by molar-refractivity contribution is 7.11. The standard InChI is InChI=1S/C17H22N4O3S.C10H17NO2.C7H12F2O.H2/c1-16(2)3-10(16)14(23)21-7-17(8-21)6-20(5-11(17)13(18)22)15(24)12-4-19-9-25-12;1-2-3-10(12)11-8-4-5-9(11)7-13-6-8;8-7(9)3-1-6(5-10)2-4-7;/h4,9-11H,3,5-8H2,1-2H3,(H2,18,22);8-9H,2-7H2,1H3;6,10H,1-5H2;1H/t10-,11+;;;/m1.../s1. The molecule has 1 spiro atoms. The predicted octanol–water partition coefficient (Wildman–Crippen LogP) is 3.80. The number of aliphatic hydroxyl groups is 1. The lowest BCUT2D eigenvalue weighted by atomic mass is 9.71. The molecule has 6 fully saturated rings. The van der Waals surface area contributed by atoms with Gasteiger partial charge in [0.2, 0.25) is 23.6 Å². The highest BCUT2D eigenvalue weighted by Gasteiger charge is 2.61. The third-order valence-corrected chi connectivity index (χ3v) is 11.9. The van der Waals surface area contributed by atoms with Gasteiger partial charge in [-0.05, 0) is 49.9 Å². The normalized spacial score (nSPS) is 29.2. The van der Waals surface area contributed by atoms with Crippen molar-refractivity contribution in [3.63, 3.8) is 0 Å². The van der Waals surface area contributed by atoms with Crippen molar-refractivity contribution in [1.82, 2.24) is 19.7 Å². The van der Waals surface area contributed by atoms with E-state index in [1.54, 1.807) is 16.6 Å². The summed E-state index contributed by atoms with van der Waals surface area (Å²) in [6, 6.07) is 0.774. The molecule has 2 aliphatic carbocycles. The molecule has 270 valence electrons. The number of carbonyl (C=O) groups excluding carboxylic acids is 4. The molecule has 14 heteroatoms. The summed E-state index contributed by atoms with van der Waals surface area (Å²) in [4.78, 5) is 58.9. The van der Waals surface area contributed by atoms with Crippen LogP contribution in [0.4, 0.5) is 8.78 Å². The molecule has 5 heterocycles. The smallest absolute Gasteiger partial charge is 0.265 e. The molecule has 2 bridgehead atoms. The molecule has 4 atom stereocenters. The van der Waals surface area contributed by atoms with Crippen molar-refractivity contribution in [2.75, 3.05) is 46.0 Å². The van der Waals surface area contributed by atoms with Crippen molar-refractivity contribution in [3.05, 3.63) is 16.6 Å². The van der Waals surface area contributed by atoms with E-state index in [4.69, 9.17) is 15.6 Å². The summed E-state index contributed by atoms with van der Waals surface area (Å²) in [6.45, 7) is 9.65. The highest BCUT2D eigenvalue weighted by atomic mass is 32.1. The zero-order valence-corrected chi connectivity index (χ0v) is 29.2. The Morgan fingerprint density at radius 2 is 1.65 bits per heavy atom. The lowest BCUT2D eigenvalue weighted by molar-refractivity contribution is -0.150. The minimum Gasteiger partial charge on any atom is -0.396 e. The van der Waals surface area contributed by atoms with Gasteiger partial charge in [0.15, 0.2) is 0 Å². The van der Waals surface area contributed by atoms with E-state index in [0.29, 0.717) is 68.3 Å². The molecule has 6 aliphatic rings. The van der Waals surface area contributed by atoms with E-state index < -0.39 is 17.7 Å². The molecule has 2 unspecified atom stereocenters. The molecule has 4 aliphatic heterocycles. The van der Waals surface area contributed by atoms with E-state index in [2.05, 4.69) is 30.7 Å². The van der Waals surface area contributed by atoms with Gasteiger partial charge in [0, 0.05) is 64.8 Å². The number of aromatic nitrogens is 1. The summed E-state index contributed by atoms with van der Waals surface area (Å²) in [6.07, 6.45) is 7.26. The molecule has 0 aromatic carbocycles. The van der Waals surface area contributed by atoms with Crippen molar-refractivity contribution in [1.29, 1.82) is 0 Å². The van der Waals surface area contributed by atoms with Crippen LogP contribution in [0.3, 0.4) is 0 Å². The third-order valence-electron chi connectivity index (χ3n) is 11.1. The number of rotatable bonds is 6. The minimum absolute atomic E-state index is 0. The summed E-state index contributed by atoms with van der Waals surface area (Å²) >= 11 is 1.29. The van der Waals surface area contributed by atoms with E-state index in [1.807, 2.05) is 4.90 Å². The second-order valence-electron chi connectivity index (χ2n) is 15.3. The first-order valence-electron chi connectivity index (χ1n) is 17.3. The second kappa shape index (κ2) is 14.6. The van der Waals surface area contributed by atoms with Gasteiger partial charge in [-0.15, -0.1) is 11.3 Å². The van der Waals surface area contributed by atoms with Gasteiger partial charge in [-0.25, -0.2) is 8.78 Å². The Bertz CT molecular complexity index is 1300. The lowest BCUT2D eigenvalue weighted by Gasteiger charge is -2.50.